The lowest BCUT2D eigenvalue weighted by Gasteiger charge is -2.28. The van der Waals surface area contributed by atoms with Gasteiger partial charge in [0.25, 0.3) is 0 Å². The number of piperidine rings is 1. The summed E-state index contributed by atoms with van der Waals surface area (Å²) in [7, 11) is 0. The fourth-order valence-corrected chi connectivity index (χ4v) is 2.68. The number of hydrogen-bond acceptors (Lipinski definition) is 2. The van der Waals surface area contributed by atoms with Crippen molar-refractivity contribution in [2.45, 2.75) is 25.1 Å². The lowest BCUT2D eigenvalue weighted by Crippen LogP contribution is -2.30. The molecule has 1 aromatic rings. The van der Waals surface area contributed by atoms with Crippen LogP contribution in [0.2, 0.25) is 0 Å². The highest BCUT2D eigenvalue weighted by Gasteiger charge is 2.14. The molecule has 15 heavy (non-hydrogen) atoms. The van der Waals surface area contributed by atoms with Gasteiger partial charge < -0.3 is 4.90 Å². The fourth-order valence-electron chi connectivity index (χ4n) is 1.88. The minimum absolute atomic E-state index is 0.520. The molecule has 1 fully saturated rings. The Hall–Kier alpha value is -0.280. The van der Waals surface area contributed by atoms with Gasteiger partial charge in [0.1, 0.15) is 5.82 Å². The predicted octanol–water partition coefficient (Wildman–Crippen LogP) is 3.57. The van der Waals surface area contributed by atoms with Gasteiger partial charge in [-0.05, 0) is 46.8 Å². The van der Waals surface area contributed by atoms with Crippen molar-refractivity contribution in [2.75, 3.05) is 18.0 Å². The van der Waals surface area contributed by atoms with E-state index in [2.05, 4.69) is 31.9 Å². The van der Waals surface area contributed by atoms with Crippen LogP contribution in [0.4, 0.5) is 5.82 Å². The zero-order chi connectivity index (χ0) is 10.7. The van der Waals surface area contributed by atoms with E-state index in [1.54, 1.807) is 0 Å². The van der Waals surface area contributed by atoms with Gasteiger partial charge in [0, 0.05) is 25.2 Å². The van der Waals surface area contributed by atoms with Crippen molar-refractivity contribution in [3.63, 3.8) is 0 Å². The van der Waals surface area contributed by atoms with E-state index >= 15 is 0 Å². The van der Waals surface area contributed by atoms with Gasteiger partial charge in [-0.25, -0.2) is 4.98 Å². The van der Waals surface area contributed by atoms with E-state index in [-0.39, 0.29) is 0 Å². The first kappa shape index (κ1) is 11.2. The van der Waals surface area contributed by atoms with Crippen LogP contribution in [0.1, 0.15) is 24.8 Å². The average Bonchev–Trinajstić information content (AvgIpc) is 2.30. The third-order valence-electron chi connectivity index (χ3n) is 2.69. The number of hydrogen-bond donors (Lipinski definition) is 0. The number of alkyl halides is 1. The van der Waals surface area contributed by atoms with E-state index < -0.39 is 0 Å². The largest absolute Gasteiger partial charge is 0.356 e. The Morgan fingerprint density at radius 3 is 2.67 bits per heavy atom. The van der Waals surface area contributed by atoms with Crippen molar-refractivity contribution in [1.29, 1.82) is 0 Å². The summed E-state index contributed by atoms with van der Waals surface area (Å²) in [6.45, 7) is 2.23. The van der Waals surface area contributed by atoms with Crippen LogP contribution in [0.25, 0.3) is 0 Å². The number of aromatic nitrogens is 1. The molecular weight excluding hydrogens is 275 g/mol. The molecule has 0 N–H and O–H groups in total. The van der Waals surface area contributed by atoms with Gasteiger partial charge in [-0.15, -0.1) is 11.6 Å². The molecule has 4 heteroatoms. The van der Waals surface area contributed by atoms with E-state index in [4.69, 9.17) is 11.6 Å². The van der Waals surface area contributed by atoms with Crippen molar-refractivity contribution in [1.82, 2.24) is 4.98 Å². The standard InChI is InChI=1S/C11H14BrClN2/c12-10-6-9(7-13)8-14-11(10)15-4-2-1-3-5-15/h6,8H,1-5,7H2. The van der Waals surface area contributed by atoms with Gasteiger partial charge in [-0.1, -0.05) is 0 Å². The molecule has 1 aromatic heterocycles. The van der Waals surface area contributed by atoms with Crippen LogP contribution in [0.3, 0.4) is 0 Å². The number of halogens is 2. The molecule has 0 spiro atoms. The number of rotatable bonds is 2. The Labute approximate surface area is 104 Å². The van der Waals surface area contributed by atoms with Gasteiger partial charge in [0.15, 0.2) is 0 Å². The highest BCUT2D eigenvalue weighted by atomic mass is 79.9. The van der Waals surface area contributed by atoms with Crippen LogP contribution in [0.15, 0.2) is 16.7 Å². The minimum atomic E-state index is 0.520. The Bertz CT molecular complexity index is 337. The second kappa shape index (κ2) is 5.17. The molecule has 1 saturated heterocycles. The average molecular weight is 290 g/mol. The normalized spacial score (nSPS) is 16.8. The second-order valence-corrected chi connectivity index (χ2v) is 4.95. The molecular formula is C11H14BrClN2. The monoisotopic (exact) mass is 288 g/mol. The summed E-state index contributed by atoms with van der Waals surface area (Å²) in [5.41, 5.74) is 1.06. The molecule has 1 aliphatic rings. The van der Waals surface area contributed by atoms with Crippen LogP contribution in [0.5, 0.6) is 0 Å². The summed E-state index contributed by atoms with van der Waals surface area (Å²) in [4.78, 5) is 6.81. The lowest BCUT2D eigenvalue weighted by atomic mass is 10.1. The molecule has 0 radical (unpaired) electrons. The molecule has 1 aliphatic heterocycles. The van der Waals surface area contributed by atoms with E-state index in [0.717, 1.165) is 28.9 Å². The number of pyridine rings is 1. The fraction of sp³-hybridized carbons (Fsp3) is 0.545. The molecule has 0 atom stereocenters. The van der Waals surface area contributed by atoms with Crippen LogP contribution in [-0.2, 0) is 5.88 Å². The summed E-state index contributed by atoms with van der Waals surface area (Å²) < 4.78 is 1.06. The first-order valence-electron chi connectivity index (χ1n) is 5.26. The Kier molecular flexibility index (Phi) is 3.87. The highest BCUT2D eigenvalue weighted by Crippen LogP contribution is 2.27. The Morgan fingerprint density at radius 2 is 2.07 bits per heavy atom. The van der Waals surface area contributed by atoms with Gasteiger partial charge >= 0.3 is 0 Å². The first-order chi connectivity index (χ1) is 7.31. The predicted molar refractivity (Wildman–Crippen MR) is 67.6 cm³/mol. The molecule has 2 nitrogen and oxygen atoms in total. The zero-order valence-corrected chi connectivity index (χ0v) is 10.9. The van der Waals surface area contributed by atoms with E-state index in [9.17, 15) is 0 Å². The summed E-state index contributed by atoms with van der Waals surface area (Å²) in [6.07, 6.45) is 5.74. The van der Waals surface area contributed by atoms with Crippen LogP contribution in [0, 0.1) is 0 Å². The van der Waals surface area contributed by atoms with E-state index in [1.165, 1.54) is 19.3 Å². The molecule has 2 heterocycles. The van der Waals surface area contributed by atoms with Gasteiger partial charge in [0.2, 0.25) is 0 Å². The van der Waals surface area contributed by atoms with Crippen molar-refractivity contribution < 1.29 is 0 Å². The van der Waals surface area contributed by atoms with Crippen molar-refractivity contribution in [3.8, 4) is 0 Å². The third-order valence-corrected chi connectivity index (χ3v) is 3.58. The van der Waals surface area contributed by atoms with Crippen molar-refractivity contribution in [3.05, 3.63) is 22.3 Å². The van der Waals surface area contributed by atoms with Gasteiger partial charge in [0.05, 0.1) is 4.47 Å². The maximum absolute atomic E-state index is 5.76. The maximum atomic E-state index is 5.76. The van der Waals surface area contributed by atoms with Crippen LogP contribution >= 0.6 is 27.5 Å². The smallest absolute Gasteiger partial charge is 0.142 e. The molecule has 0 bridgehead atoms. The summed E-state index contributed by atoms with van der Waals surface area (Å²) in [5.74, 6) is 1.58. The first-order valence-corrected chi connectivity index (χ1v) is 6.59. The summed E-state index contributed by atoms with van der Waals surface area (Å²) in [6, 6.07) is 2.06. The van der Waals surface area contributed by atoms with Crippen LogP contribution < -0.4 is 4.90 Å². The number of nitrogens with zero attached hydrogens (tertiary/aromatic N) is 2. The molecule has 0 amide bonds. The second-order valence-electron chi connectivity index (χ2n) is 3.83. The van der Waals surface area contributed by atoms with Crippen molar-refractivity contribution >= 4 is 33.3 Å². The molecule has 0 aliphatic carbocycles. The van der Waals surface area contributed by atoms with E-state index in [0.29, 0.717) is 5.88 Å². The molecule has 82 valence electrons. The maximum Gasteiger partial charge on any atom is 0.142 e. The Morgan fingerprint density at radius 1 is 1.33 bits per heavy atom. The minimum Gasteiger partial charge on any atom is -0.356 e. The SMILES string of the molecule is ClCc1cnc(N2CCCCC2)c(Br)c1. The highest BCUT2D eigenvalue weighted by molar-refractivity contribution is 9.10. The molecule has 2 rings (SSSR count). The summed E-state index contributed by atoms with van der Waals surface area (Å²) >= 11 is 9.32. The van der Waals surface area contributed by atoms with Gasteiger partial charge in [-0.2, -0.15) is 0 Å². The summed E-state index contributed by atoms with van der Waals surface area (Å²) in [5, 5.41) is 0. The lowest BCUT2D eigenvalue weighted by molar-refractivity contribution is 0.572. The molecule has 0 unspecified atom stereocenters. The quantitative estimate of drug-likeness (QED) is 0.774. The van der Waals surface area contributed by atoms with Gasteiger partial charge in [-0.3, -0.25) is 0 Å². The Balaban J connectivity index is 2.19. The van der Waals surface area contributed by atoms with Crippen LogP contribution in [-0.4, -0.2) is 18.1 Å². The third kappa shape index (κ3) is 2.64. The van der Waals surface area contributed by atoms with Crippen molar-refractivity contribution in [2.24, 2.45) is 0 Å². The molecule has 0 saturated carbocycles. The van der Waals surface area contributed by atoms with E-state index in [1.807, 2.05) is 6.20 Å². The zero-order valence-electron chi connectivity index (χ0n) is 8.55. The molecule has 0 aromatic carbocycles. The topological polar surface area (TPSA) is 16.1 Å². The number of anilines is 1.